The lowest BCUT2D eigenvalue weighted by molar-refractivity contribution is 0.207. The van der Waals surface area contributed by atoms with E-state index in [1.54, 1.807) is 37.4 Å². The van der Waals surface area contributed by atoms with Gasteiger partial charge in [-0.2, -0.15) is 0 Å². The first-order chi connectivity index (χ1) is 11.1. The van der Waals surface area contributed by atoms with Crippen molar-refractivity contribution in [3.8, 4) is 11.6 Å². The first-order valence-electron chi connectivity index (χ1n) is 7.24. The van der Waals surface area contributed by atoms with Crippen LogP contribution in [0.25, 0.3) is 0 Å². The van der Waals surface area contributed by atoms with E-state index in [0.29, 0.717) is 11.6 Å². The van der Waals surface area contributed by atoms with Crippen LogP contribution in [0.3, 0.4) is 0 Å². The second-order valence-corrected chi connectivity index (χ2v) is 5.02. The first-order valence-corrected chi connectivity index (χ1v) is 7.24. The van der Waals surface area contributed by atoms with Crippen LogP contribution in [0.2, 0.25) is 0 Å². The highest BCUT2D eigenvalue weighted by Crippen LogP contribution is 2.29. The zero-order valence-corrected chi connectivity index (χ0v) is 13.7. The van der Waals surface area contributed by atoms with Crippen molar-refractivity contribution in [2.45, 2.75) is 13.0 Å². The Balaban J connectivity index is 2.16. The van der Waals surface area contributed by atoms with Crippen LogP contribution in [0.5, 0.6) is 11.6 Å². The number of hydrogen-bond donors (Lipinski definition) is 1. The molecule has 1 atom stereocenters. The fraction of sp³-hybridized carbons (Fsp3) is 0.294. The van der Waals surface area contributed by atoms with Crippen LogP contribution in [0, 0.1) is 0 Å². The average Bonchev–Trinajstić information content (AvgIpc) is 2.60. The van der Waals surface area contributed by atoms with Gasteiger partial charge in [-0.05, 0) is 25.1 Å². The number of aromatic nitrogens is 1. The Morgan fingerprint density at radius 1 is 1.17 bits per heavy atom. The van der Waals surface area contributed by atoms with Crippen LogP contribution < -0.4 is 14.8 Å². The van der Waals surface area contributed by atoms with Crippen LogP contribution in [-0.4, -0.2) is 37.2 Å². The van der Waals surface area contributed by atoms with Gasteiger partial charge in [-0.15, -0.1) is 0 Å². The average molecular weight is 315 g/mol. The molecular formula is C17H21N3O3. The number of anilines is 1. The molecule has 2 aromatic rings. The van der Waals surface area contributed by atoms with Crippen LogP contribution >= 0.6 is 0 Å². The lowest BCUT2D eigenvalue weighted by atomic mass is 10.1. The summed E-state index contributed by atoms with van der Waals surface area (Å²) in [6.45, 7) is 1.94. The van der Waals surface area contributed by atoms with E-state index in [2.05, 4.69) is 10.3 Å². The molecule has 0 radical (unpaired) electrons. The van der Waals surface area contributed by atoms with Crippen molar-refractivity contribution in [3.63, 3.8) is 0 Å². The SMILES string of the molecule is COc1ccccc1[C@@H](C)N(C)C(=O)Nc1cccnc1OC. The minimum absolute atomic E-state index is 0.159. The van der Waals surface area contributed by atoms with Crippen molar-refractivity contribution in [2.75, 3.05) is 26.6 Å². The van der Waals surface area contributed by atoms with Gasteiger partial charge in [0.25, 0.3) is 0 Å². The third kappa shape index (κ3) is 3.71. The van der Waals surface area contributed by atoms with Gasteiger partial charge in [-0.3, -0.25) is 0 Å². The molecule has 1 N–H and O–H groups in total. The highest BCUT2D eigenvalue weighted by molar-refractivity contribution is 5.90. The maximum absolute atomic E-state index is 12.5. The number of amides is 2. The molecule has 0 unspecified atom stereocenters. The summed E-state index contributed by atoms with van der Waals surface area (Å²) in [7, 11) is 4.86. The van der Waals surface area contributed by atoms with Crippen molar-refractivity contribution in [3.05, 3.63) is 48.2 Å². The molecule has 1 aromatic carbocycles. The number of para-hydroxylation sites is 1. The van der Waals surface area contributed by atoms with Crippen molar-refractivity contribution in [1.29, 1.82) is 0 Å². The Morgan fingerprint density at radius 2 is 1.91 bits per heavy atom. The minimum atomic E-state index is -0.255. The second kappa shape index (κ2) is 7.49. The highest BCUT2D eigenvalue weighted by atomic mass is 16.5. The molecule has 6 nitrogen and oxygen atoms in total. The third-order valence-electron chi connectivity index (χ3n) is 3.70. The number of carbonyl (C=O) groups excluding carboxylic acids is 1. The number of rotatable bonds is 5. The molecule has 23 heavy (non-hydrogen) atoms. The van der Waals surface area contributed by atoms with Crippen LogP contribution in [0.1, 0.15) is 18.5 Å². The number of carbonyl (C=O) groups is 1. The van der Waals surface area contributed by atoms with E-state index in [9.17, 15) is 4.79 Å². The number of pyridine rings is 1. The normalized spacial score (nSPS) is 11.5. The molecular weight excluding hydrogens is 294 g/mol. The monoisotopic (exact) mass is 315 g/mol. The van der Waals surface area contributed by atoms with Crippen LogP contribution in [-0.2, 0) is 0 Å². The Hall–Kier alpha value is -2.76. The summed E-state index contributed by atoms with van der Waals surface area (Å²) in [5.74, 6) is 1.12. The van der Waals surface area contributed by atoms with Crippen molar-refractivity contribution < 1.29 is 14.3 Å². The molecule has 1 heterocycles. The quantitative estimate of drug-likeness (QED) is 0.919. The zero-order valence-electron chi connectivity index (χ0n) is 13.7. The van der Waals surface area contributed by atoms with Crippen molar-refractivity contribution in [1.82, 2.24) is 9.88 Å². The summed E-state index contributed by atoms with van der Waals surface area (Å²) in [6.07, 6.45) is 1.61. The molecule has 122 valence electrons. The fourth-order valence-electron chi connectivity index (χ4n) is 2.25. The van der Waals surface area contributed by atoms with Crippen LogP contribution in [0.15, 0.2) is 42.6 Å². The smallest absolute Gasteiger partial charge is 0.322 e. The van der Waals surface area contributed by atoms with E-state index in [1.807, 2.05) is 31.2 Å². The second-order valence-electron chi connectivity index (χ2n) is 5.02. The van der Waals surface area contributed by atoms with E-state index in [0.717, 1.165) is 11.3 Å². The molecule has 0 saturated heterocycles. The zero-order chi connectivity index (χ0) is 16.8. The Morgan fingerprint density at radius 3 is 2.61 bits per heavy atom. The van der Waals surface area contributed by atoms with Gasteiger partial charge in [-0.25, -0.2) is 9.78 Å². The summed E-state index contributed by atoms with van der Waals surface area (Å²) >= 11 is 0. The fourth-order valence-corrected chi connectivity index (χ4v) is 2.25. The molecule has 0 saturated carbocycles. The molecule has 0 aliphatic rings. The number of nitrogens with one attached hydrogen (secondary N) is 1. The number of benzene rings is 1. The predicted octanol–water partition coefficient (Wildman–Crippen LogP) is 3.32. The number of methoxy groups -OCH3 is 2. The van der Waals surface area contributed by atoms with Crippen molar-refractivity contribution in [2.24, 2.45) is 0 Å². The molecule has 0 aliphatic carbocycles. The highest BCUT2D eigenvalue weighted by Gasteiger charge is 2.21. The molecule has 1 aromatic heterocycles. The maximum atomic E-state index is 12.5. The van der Waals surface area contributed by atoms with Gasteiger partial charge in [0, 0.05) is 18.8 Å². The van der Waals surface area contributed by atoms with Crippen molar-refractivity contribution >= 4 is 11.7 Å². The lowest BCUT2D eigenvalue weighted by Gasteiger charge is -2.27. The standard InChI is InChI=1S/C17H21N3O3/c1-12(13-8-5-6-10-15(13)22-3)20(2)17(21)19-14-9-7-11-18-16(14)23-4/h5-12H,1-4H3,(H,19,21)/t12-/m1/s1. The molecule has 2 amide bonds. The van der Waals surface area contributed by atoms with Gasteiger partial charge >= 0.3 is 6.03 Å². The van der Waals surface area contributed by atoms with Gasteiger partial charge in [-0.1, -0.05) is 18.2 Å². The molecule has 6 heteroatoms. The topological polar surface area (TPSA) is 63.7 Å². The third-order valence-corrected chi connectivity index (χ3v) is 3.70. The van der Waals surface area contributed by atoms with Gasteiger partial charge in [0.2, 0.25) is 5.88 Å². The number of ether oxygens (including phenoxy) is 2. The van der Waals surface area contributed by atoms with Gasteiger partial charge in [0.1, 0.15) is 11.4 Å². The Labute approximate surface area is 136 Å². The van der Waals surface area contributed by atoms with Gasteiger partial charge in [0.05, 0.1) is 20.3 Å². The molecule has 0 bridgehead atoms. The molecule has 0 spiro atoms. The van der Waals surface area contributed by atoms with E-state index < -0.39 is 0 Å². The maximum Gasteiger partial charge on any atom is 0.322 e. The summed E-state index contributed by atoms with van der Waals surface area (Å²) in [5, 5.41) is 2.81. The number of urea groups is 1. The Bertz CT molecular complexity index is 676. The summed E-state index contributed by atoms with van der Waals surface area (Å²) in [4.78, 5) is 18.2. The summed E-state index contributed by atoms with van der Waals surface area (Å²) in [6, 6.07) is 10.7. The molecule has 0 fully saturated rings. The predicted molar refractivity (Wildman–Crippen MR) is 89.0 cm³/mol. The molecule has 0 aliphatic heterocycles. The summed E-state index contributed by atoms with van der Waals surface area (Å²) in [5.41, 5.74) is 1.46. The Kier molecular flexibility index (Phi) is 5.41. The van der Waals surface area contributed by atoms with Gasteiger partial charge < -0.3 is 19.7 Å². The lowest BCUT2D eigenvalue weighted by Crippen LogP contribution is -2.33. The van der Waals surface area contributed by atoms with E-state index in [-0.39, 0.29) is 12.1 Å². The van der Waals surface area contributed by atoms with Crippen LogP contribution in [0.4, 0.5) is 10.5 Å². The number of hydrogen-bond acceptors (Lipinski definition) is 4. The first kappa shape index (κ1) is 16.6. The minimum Gasteiger partial charge on any atom is -0.496 e. The number of nitrogens with zero attached hydrogens (tertiary/aromatic N) is 2. The van der Waals surface area contributed by atoms with E-state index >= 15 is 0 Å². The van der Waals surface area contributed by atoms with E-state index in [1.165, 1.54) is 7.11 Å². The van der Waals surface area contributed by atoms with E-state index in [4.69, 9.17) is 9.47 Å². The largest absolute Gasteiger partial charge is 0.496 e. The summed E-state index contributed by atoms with van der Waals surface area (Å²) < 4.78 is 10.5. The molecule has 2 rings (SSSR count). The van der Waals surface area contributed by atoms with Gasteiger partial charge in [0.15, 0.2) is 0 Å².